The van der Waals surface area contributed by atoms with Crippen LogP contribution >= 0.6 is 0 Å². The molecule has 0 aromatic heterocycles. The Morgan fingerprint density at radius 3 is 1.83 bits per heavy atom. The number of aryl methyl sites for hydroxylation is 3. The zero-order valence-corrected chi connectivity index (χ0v) is 15.3. The second kappa shape index (κ2) is 5.80. The second-order valence-corrected chi connectivity index (χ2v) is 9.99. The van der Waals surface area contributed by atoms with Crippen molar-refractivity contribution in [3.63, 3.8) is 0 Å². The fourth-order valence-electron chi connectivity index (χ4n) is 4.48. The minimum absolute atomic E-state index is 0.0411. The van der Waals surface area contributed by atoms with Crippen molar-refractivity contribution < 1.29 is 18.0 Å². The molecule has 0 amide bonds. The third-order valence-corrected chi connectivity index (χ3v) is 7.31. The molecule has 0 unspecified atom stereocenters. The van der Waals surface area contributed by atoms with Gasteiger partial charge in [0.05, 0.1) is 11.5 Å². The molecule has 24 heavy (non-hydrogen) atoms. The monoisotopic (exact) mass is 348 g/mol. The molecule has 4 nitrogen and oxygen atoms in total. The normalized spacial score (nSPS) is 23.6. The van der Waals surface area contributed by atoms with Crippen LogP contribution in [0.3, 0.4) is 0 Å². The highest BCUT2D eigenvalue weighted by Gasteiger charge is 2.48. The number of carbonyl (C=O) groups excluding carboxylic acids is 2. The van der Waals surface area contributed by atoms with Crippen molar-refractivity contribution in [1.82, 2.24) is 0 Å². The summed E-state index contributed by atoms with van der Waals surface area (Å²) in [7, 11) is -3.00. The standard InChI is InChI=1S/C19H24O4S/c1-12-8-13(2)17(14(3)9-12)18-15(20)10-19(11-16(18)21)4-6-24(22,23)7-5-19/h8-9,18H,4-7,10-11H2,1-3H3. The topological polar surface area (TPSA) is 68.3 Å². The van der Waals surface area contributed by atoms with Crippen LogP contribution in [0, 0.1) is 26.2 Å². The van der Waals surface area contributed by atoms with E-state index < -0.39 is 21.2 Å². The van der Waals surface area contributed by atoms with Crippen LogP contribution in [0.1, 0.15) is 53.9 Å². The van der Waals surface area contributed by atoms with E-state index in [1.54, 1.807) is 0 Å². The van der Waals surface area contributed by atoms with E-state index >= 15 is 0 Å². The molecule has 1 aliphatic carbocycles. The minimum Gasteiger partial charge on any atom is -0.299 e. The van der Waals surface area contributed by atoms with Crippen molar-refractivity contribution in [3.8, 4) is 0 Å². The number of sulfone groups is 1. The van der Waals surface area contributed by atoms with E-state index in [4.69, 9.17) is 0 Å². The lowest BCUT2D eigenvalue weighted by molar-refractivity contribution is -0.137. The van der Waals surface area contributed by atoms with Crippen molar-refractivity contribution in [1.29, 1.82) is 0 Å². The summed E-state index contributed by atoms with van der Waals surface area (Å²) < 4.78 is 23.4. The SMILES string of the molecule is Cc1cc(C)c(C2C(=O)CC3(CCS(=O)(=O)CC3)CC2=O)c(C)c1. The lowest BCUT2D eigenvalue weighted by Crippen LogP contribution is -2.44. The van der Waals surface area contributed by atoms with Gasteiger partial charge >= 0.3 is 0 Å². The Morgan fingerprint density at radius 2 is 1.38 bits per heavy atom. The third-order valence-electron chi connectivity index (χ3n) is 5.66. The van der Waals surface area contributed by atoms with Gasteiger partial charge in [0.1, 0.15) is 27.3 Å². The number of ketones is 2. The molecule has 1 aromatic carbocycles. The van der Waals surface area contributed by atoms with E-state index in [2.05, 4.69) is 0 Å². The van der Waals surface area contributed by atoms with E-state index in [1.807, 2.05) is 32.9 Å². The summed E-state index contributed by atoms with van der Waals surface area (Å²) in [6.07, 6.45) is 1.52. The summed E-state index contributed by atoms with van der Waals surface area (Å²) in [5.74, 6) is -0.558. The zero-order valence-electron chi connectivity index (χ0n) is 14.5. The Kier molecular flexibility index (Phi) is 4.19. The molecule has 1 aromatic rings. The van der Waals surface area contributed by atoms with Gasteiger partial charge in [0.2, 0.25) is 0 Å². The van der Waals surface area contributed by atoms with Gasteiger partial charge in [0, 0.05) is 12.8 Å². The maximum Gasteiger partial charge on any atom is 0.150 e. The third kappa shape index (κ3) is 3.06. The van der Waals surface area contributed by atoms with Crippen LogP contribution < -0.4 is 0 Å². The quantitative estimate of drug-likeness (QED) is 0.732. The van der Waals surface area contributed by atoms with Gasteiger partial charge in [-0.25, -0.2) is 8.42 Å². The number of rotatable bonds is 1. The number of benzene rings is 1. The molecule has 2 aliphatic rings. The van der Waals surface area contributed by atoms with Crippen LogP contribution in [-0.4, -0.2) is 31.5 Å². The lowest BCUT2D eigenvalue weighted by Gasteiger charge is -2.41. The predicted molar refractivity (Wildman–Crippen MR) is 93.0 cm³/mol. The summed E-state index contributed by atoms with van der Waals surface area (Å²) in [5, 5.41) is 0. The molecule has 0 atom stereocenters. The molecule has 1 aliphatic heterocycles. The molecule has 1 spiro atoms. The average Bonchev–Trinajstić information content (AvgIpc) is 2.45. The summed E-state index contributed by atoms with van der Waals surface area (Å²) in [4.78, 5) is 25.7. The highest BCUT2D eigenvalue weighted by Crippen LogP contribution is 2.47. The molecule has 1 saturated carbocycles. The molecule has 0 bridgehead atoms. The molecule has 130 valence electrons. The number of hydrogen-bond donors (Lipinski definition) is 0. The smallest absolute Gasteiger partial charge is 0.150 e. The molecule has 5 heteroatoms. The maximum atomic E-state index is 12.9. The Hall–Kier alpha value is -1.49. The van der Waals surface area contributed by atoms with Gasteiger partial charge in [-0.15, -0.1) is 0 Å². The van der Waals surface area contributed by atoms with E-state index in [-0.39, 0.29) is 23.1 Å². The van der Waals surface area contributed by atoms with Crippen LogP contribution in [0.25, 0.3) is 0 Å². The molecule has 1 saturated heterocycles. The van der Waals surface area contributed by atoms with Crippen molar-refractivity contribution >= 4 is 21.4 Å². The number of hydrogen-bond acceptors (Lipinski definition) is 4. The highest BCUT2D eigenvalue weighted by molar-refractivity contribution is 7.91. The van der Waals surface area contributed by atoms with Crippen molar-refractivity contribution in [2.24, 2.45) is 5.41 Å². The van der Waals surface area contributed by atoms with Crippen molar-refractivity contribution in [2.45, 2.75) is 52.4 Å². The Balaban J connectivity index is 1.91. The first-order chi connectivity index (χ1) is 11.1. The summed E-state index contributed by atoms with van der Waals surface area (Å²) in [6.45, 7) is 5.91. The Bertz CT molecular complexity index is 763. The van der Waals surface area contributed by atoms with Gasteiger partial charge in [0.25, 0.3) is 0 Å². The Labute approximate surface area is 143 Å². The van der Waals surface area contributed by atoms with Crippen LogP contribution in [-0.2, 0) is 19.4 Å². The van der Waals surface area contributed by atoms with Gasteiger partial charge < -0.3 is 0 Å². The summed E-state index contributed by atoms with van der Waals surface area (Å²) in [6, 6.07) is 4.03. The largest absolute Gasteiger partial charge is 0.299 e. The van der Waals surface area contributed by atoms with Crippen LogP contribution in [0.4, 0.5) is 0 Å². The van der Waals surface area contributed by atoms with E-state index in [9.17, 15) is 18.0 Å². The predicted octanol–water partition coefficient (Wildman–Crippen LogP) is 2.82. The first kappa shape index (κ1) is 17.3. The zero-order chi connectivity index (χ0) is 17.7. The maximum absolute atomic E-state index is 12.9. The van der Waals surface area contributed by atoms with E-state index in [0.29, 0.717) is 25.7 Å². The summed E-state index contributed by atoms with van der Waals surface area (Å²) >= 11 is 0. The van der Waals surface area contributed by atoms with Gasteiger partial charge in [-0.3, -0.25) is 9.59 Å². The minimum atomic E-state index is -3.00. The van der Waals surface area contributed by atoms with Crippen LogP contribution in [0.15, 0.2) is 12.1 Å². The fourth-order valence-corrected chi connectivity index (χ4v) is 6.17. The van der Waals surface area contributed by atoms with Crippen LogP contribution in [0.2, 0.25) is 0 Å². The number of carbonyl (C=O) groups is 2. The summed E-state index contributed by atoms with van der Waals surface area (Å²) in [5.41, 5.74) is 3.53. The molecule has 0 N–H and O–H groups in total. The first-order valence-electron chi connectivity index (χ1n) is 8.46. The first-order valence-corrected chi connectivity index (χ1v) is 10.3. The average molecular weight is 348 g/mol. The van der Waals surface area contributed by atoms with Gasteiger partial charge in [-0.2, -0.15) is 0 Å². The molecule has 3 rings (SSSR count). The van der Waals surface area contributed by atoms with Gasteiger partial charge in [-0.05, 0) is 55.7 Å². The highest BCUT2D eigenvalue weighted by atomic mass is 32.2. The van der Waals surface area contributed by atoms with Crippen LogP contribution in [0.5, 0.6) is 0 Å². The Morgan fingerprint density at radius 1 is 0.917 bits per heavy atom. The molecule has 0 radical (unpaired) electrons. The van der Waals surface area contributed by atoms with Crippen molar-refractivity contribution in [2.75, 3.05) is 11.5 Å². The molecular formula is C19H24O4S. The second-order valence-electron chi connectivity index (χ2n) is 7.68. The fraction of sp³-hybridized carbons (Fsp3) is 0.579. The van der Waals surface area contributed by atoms with Gasteiger partial charge in [-0.1, -0.05) is 17.7 Å². The van der Waals surface area contributed by atoms with E-state index in [0.717, 1.165) is 22.3 Å². The molecule has 2 fully saturated rings. The van der Waals surface area contributed by atoms with Crippen molar-refractivity contribution in [3.05, 3.63) is 34.4 Å². The molecular weight excluding hydrogens is 324 g/mol. The molecule has 1 heterocycles. The van der Waals surface area contributed by atoms with Gasteiger partial charge in [0.15, 0.2) is 0 Å². The van der Waals surface area contributed by atoms with E-state index in [1.165, 1.54) is 0 Å². The lowest BCUT2D eigenvalue weighted by atomic mass is 9.64. The number of Topliss-reactive ketones (excluding diaryl/α,β-unsaturated/α-hetero) is 2.